The fourth-order valence-electron chi connectivity index (χ4n) is 5.47. The van der Waals surface area contributed by atoms with E-state index in [1.165, 1.54) is 23.8 Å². The molecule has 11 heteroatoms. The van der Waals surface area contributed by atoms with E-state index in [2.05, 4.69) is 5.10 Å². The highest BCUT2D eigenvalue weighted by atomic mass is 32.1. The summed E-state index contributed by atoms with van der Waals surface area (Å²) in [5, 5.41) is 5.83. The monoisotopic (exact) mass is 622 g/mol. The first-order valence-corrected chi connectivity index (χ1v) is 15.1. The Morgan fingerprint density at radius 1 is 0.956 bits per heavy atom. The molecule has 0 saturated heterocycles. The average Bonchev–Trinajstić information content (AvgIpc) is 3.54. The Labute approximate surface area is 262 Å². The van der Waals surface area contributed by atoms with Crippen LogP contribution in [0.25, 0.3) is 11.8 Å². The molecule has 0 bridgehead atoms. The predicted octanol–water partition coefficient (Wildman–Crippen LogP) is 3.94. The summed E-state index contributed by atoms with van der Waals surface area (Å²) in [6, 6.07) is 22.8. The molecule has 4 aromatic rings. The van der Waals surface area contributed by atoms with Crippen LogP contribution in [0.3, 0.4) is 0 Å². The molecule has 2 atom stereocenters. The van der Waals surface area contributed by atoms with Crippen molar-refractivity contribution in [3.05, 3.63) is 115 Å². The fourth-order valence-corrected chi connectivity index (χ4v) is 6.48. The number of hydrogen-bond donors (Lipinski definition) is 0. The first-order chi connectivity index (χ1) is 21.9. The Hall–Kier alpha value is -5.29. The maximum Gasteiger partial charge on any atom is 0.338 e. The number of aromatic nitrogens is 1. The first kappa shape index (κ1) is 29.8. The molecule has 1 aromatic heterocycles. The van der Waals surface area contributed by atoms with Crippen LogP contribution in [0.4, 0.5) is 5.69 Å². The van der Waals surface area contributed by atoms with E-state index in [0.717, 1.165) is 11.3 Å². The molecule has 45 heavy (non-hydrogen) atoms. The fraction of sp³-hybridized carbons (Fsp3) is 0.206. The molecular weight excluding hydrogens is 592 g/mol. The van der Waals surface area contributed by atoms with E-state index in [1.807, 2.05) is 48.5 Å². The van der Waals surface area contributed by atoms with Crippen molar-refractivity contribution in [3.63, 3.8) is 0 Å². The summed E-state index contributed by atoms with van der Waals surface area (Å²) >= 11 is 1.15. The molecule has 1 amide bonds. The van der Waals surface area contributed by atoms with Crippen LogP contribution in [-0.2, 0) is 14.3 Å². The van der Waals surface area contributed by atoms with Crippen molar-refractivity contribution < 1.29 is 23.8 Å². The van der Waals surface area contributed by atoms with E-state index in [0.29, 0.717) is 49.1 Å². The van der Waals surface area contributed by atoms with E-state index in [9.17, 15) is 14.4 Å². The molecule has 3 aromatic carbocycles. The molecule has 6 rings (SSSR count). The predicted molar refractivity (Wildman–Crippen MR) is 172 cm³/mol. The van der Waals surface area contributed by atoms with Gasteiger partial charge in [-0.1, -0.05) is 65.9 Å². The zero-order valence-corrected chi connectivity index (χ0v) is 25.9. The van der Waals surface area contributed by atoms with Crippen molar-refractivity contribution in [1.29, 1.82) is 0 Å². The number of carbonyl (C=O) groups is 2. The van der Waals surface area contributed by atoms with E-state index in [4.69, 9.17) is 19.2 Å². The number of fused-ring (bicyclic) bond motifs is 1. The lowest BCUT2D eigenvalue weighted by atomic mass is 9.93. The summed E-state index contributed by atoms with van der Waals surface area (Å²) in [5.74, 6) is -0.678. The Kier molecular flexibility index (Phi) is 8.18. The lowest BCUT2D eigenvalue weighted by molar-refractivity contribution is -0.138. The summed E-state index contributed by atoms with van der Waals surface area (Å²) in [6.45, 7) is 3.62. The second kappa shape index (κ2) is 12.4. The number of thiazole rings is 1. The Morgan fingerprint density at radius 2 is 1.64 bits per heavy atom. The minimum absolute atomic E-state index is 0.133. The van der Waals surface area contributed by atoms with E-state index in [-0.39, 0.29) is 18.1 Å². The summed E-state index contributed by atoms with van der Waals surface area (Å²) in [6.07, 6.45) is 1.63. The van der Waals surface area contributed by atoms with Gasteiger partial charge in [0.15, 0.2) is 16.3 Å². The number of benzene rings is 3. The molecule has 2 aliphatic heterocycles. The minimum Gasteiger partial charge on any atom is -0.493 e. The largest absolute Gasteiger partial charge is 0.493 e. The van der Waals surface area contributed by atoms with Gasteiger partial charge < -0.3 is 14.2 Å². The summed E-state index contributed by atoms with van der Waals surface area (Å²) in [4.78, 5) is 46.7. The quantitative estimate of drug-likeness (QED) is 0.275. The molecule has 0 aliphatic carbocycles. The van der Waals surface area contributed by atoms with Gasteiger partial charge in [0.25, 0.3) is 11.5 Å². The van der Waals surface area contributed by atoms with Gasteiger partial charge in [0, 0.05) is 5.56 Å². The molecule has 0 unspecified atom stereocenters. The van der Waals surface area contributed by atoms with Crippen LogP contribution in [0, 0.1) is 5.92 Å². The Balaban J connectivity index is 1.57. The molecule has 0 fully saturated rings. The number of rotatable bonds is 8. The maximum absolute atomic E-state index is 14.3. The molecule has 0 N–H and O–H groups in total. The van der Waals surface area contributed by atoms with Crippen LogP contribution < -0.4 is 29.4 Å². The van der Waals surface area contributed by atoms with E-state index in [1.54, 1.807) is 50.3 Å². The Morgan fingerprint density at radius 3 is 2.31 bits per heavy atom. The number of amides is 1. The van der Waals surface area contributed by atoms with Gasteiger partial charge in [-0.15, -0.1) is 0 Å². The first-order valence-electron chi connectivity index (χ1n) is 14.3. The lowest BCUT2D eigenvalue weighted by Crippen LogP contribution is -2.40. The van der Waals surface area contributed by atoms with Crippen molar-refractivity contribution in [2.24, 2.45) is 16.0 Å². The van der Waals surface area contributed by atoms with E-state index >= 15 is 0 Å². The second-order valence-corrected chi connectivity index (χ2v) is 11.3. The topological polar surface area (TPSA) is 112 Å². The van der Waals surface area contributed by atoms with Gasteiger partial charge >= 0.3 is 5.97 Å². The standard InChI is InChI=1S/C34H30N4O6S/c1-5-44-33(41)28-29(21-12-8-6-9-13-21)35-34-37(30(28)22-16-17-25(42-3)26(18-22)43-4)32(40)27(45-34)19-24-20(2)36-38(31(24)39)23-14-10-7-11-15-23/h6-19,24,30H,5H2,1-4H3/b27-19+/t24-,30+/m1/s1. The molecule has 0 radical (unpaired) electrons. The van der Waals surface area contributed by atoms with Crippen LogP contribution in [0.2, 0.25) is 0 Å². The van der Waals surface area contributed by atoms with Crippen molar-refractivity contribution in [2.45, 2.75) is 19.9 Å². The minimum atomic E-state index is -0.910. The molecule has 0 saturated carbocycles. The number of carbonyl (C=O) groups excluding carboxylic acids is 2. The van der Waals surface area contributed by atoms with Crippen molar-refractivity contribution in [2.75, 3.05) is 25.8 Å². The van der Waals surface area contributed by atoms with Crippen LogP contribution in [0.5, 0.6) is 11.5 Å². The van der Waals surface area contributed by atoms with Crippen LogP contribution >= 0.6 is 11.3 Å². The molecule has 0 spiro atoms. The van der Waals surface area contributed by atoms with E-state index < -0.39 is 23.5 Å². The molecule has 10 nitrogen and oxygen atoms in total. The smallest absolute Gasteiger partial charge is 0.338 e. The number of para-hydroxylation sites is 1. The highest BCUT2D eigenvalue weighted by molar-refractivity contribution is 7.07. The van der Waals surface area contributed by atoms with Gasteiger partial charge in [-0.05, 0) is 49.8 Å². The number of hydrazone groups is 1. The van der Waals surface area contributed by atoms with Gasteiger partial charge in [0.2, 0.25) is 0 Å². The zero-order chi connectivity index (χ0) is 31.7. The lowest BCUT2D eigenvalue weighted by Gasteiger charge is -2.26. The highest BCUT2D eigenvalue weighted by Crippen LogP contribution is 2.38. The van der Waals surface area contributed by atoms with Gasteiger partial charge in [-0.25, -0.2) is 9.79 Å². The highest BCUT2D eigenvalue weighted by Gasteiger charge is 2.37. The average molecular weight is 623 g/mol. The third-order valence-electron chi connectivity index (χ3n) is 7.60. The number of methoxy groups -OCH3 is 2. The summed E-state index contributed by atoms with van der Waals surface area (Å²) in [5.41, 5.74) is 2.69. The SMILES string of the molecule is CCOC(=O)C1=C(c2ccccc2)N=c2s/c(=C/[C@H]3C(=O)N(c4ccccc4)N=C3C)c(=O)n2[C@H]1c1ccc(OC)c(OC)c1. The molecular formula is C34H30N4O6S. The van der Waals surface area contributed by atoms with Crippen molar-refractivity contribution in [1.82, 2.24) is 4.57 Å². The maximum atomic E-state index is 14.3. The number of anilines is 1. The normalized spacial score (nSPS) is 18.0. The zero-order valence-electron chi connectivity index (χ0n) is 25.1. The van der Waals surface area contributed by atoms with Gasteiger partial charge in [0.05, 0.1) is 54.1 Å². The van der Waals surface area contributed by atoms with Crippen LogP contribution in [-0.4, -0.2) is 43.0 Å². The number of hydrogen-bond acceptors (Lipinski definition) is 9. The third kappa shape index (κ3) is 5.35. The van der Waals surface area contributed by atoms with Crippen molar-refractivity contribution >= 4 is 46.4 Å². The summed E-state index contributed by atoms with van der Waals surface area (Å²) in [7, 11) is 3.05. The van der Waals surface area contributed by atoms with Gasteiger partial charge in [-0.3, -0.25) is 14.2 Å². The second-order valence-electron chi connectivity index (χ2n) is 10.3. The van der Waals surface area contributed by atoms with Gasteiger partial charge in [0.1, 0.15) is 5.92 Å². The molecule has 2 aliphatic rings. The van der Waals surface area contributed by atoms with Crippen LogP contribution in [0.1, 0.15) is 31.0 Å². The molecule has 3 heterocycles. The number of esters is 1. The Bertz CT molecular complexity index is 2030. The summed E-state index contributed by atoms with van der Waals surface area (Å²) < 4.78 is 18.4. The van der Waals surface area contributed by atoms with Crippen molar-refractivity contribution in [3.8, 4) is 11.5 Å². The number of ether oxygens (including phenoxy) is 3. The van der Waals surface area contributed by atoms with Gasteiger partial charge in [-0.2, -0.15) is 10.1 Å². The third-order valence-corrected chi connectivity index (χ3v) is 8.60. The molecule has 228 valence electrons. The van der Waals surface area contributed by atoms with Crippen LogP contribution in [0.15, 0.2) is 99.3 Å². The number of nitrogens with zero attached hydrogens (tertiary/aromatic N) is 4.